The van der Waals surface area contributed by atoms with Crippen molar-refractivity contribution in [1.82, 2.24) is 0 Å². The Labute approximate surface area is 164 Å². The Hall–Kier alpha value is -2.82. The Morgan fingerprint density at radius 2 is 1.79 bits per heavy atom. The van der Waals surface area contributed by atoms with Gasteiger partial charge in [0.1, 0.15) is 22.8 Å². The van der Waals surface area contributed by atoms with E-state index in [9.17, 15) is 9.59 Å². The van der Waals surface area contributed by atoms with E-state index >= 15 is 0 Å². The standard InChI is InChI=1S/C23H24O5/c1-13(2)26-15-7-5-14(6-8-15)17-11-20(25)27-19-10-9-16-18(24)12-23(3,4)28-22(16)21(17)19/h5-10,13,17H,11-12H2,1-4H3/t17-/m0/s1. The number of benzene rings is 2. The van der Waals surface area contributed by atoms with Gasteiger partial charge < -0.3 is 14.2 Å². The first-order valence-electron chi connectivity index (χ1n) is 9.60. The molecule has 0 aliphatic carbocycles. The molecule has 146 valence electrons. The van der Waals surface area contributed by atoms with Crippen molar-refractivity contribution in [2.45, 2.75) is 58.2 Å². The lowest BCUT2D eigenvalue weighted by atomic mass is 9.82. The summed E-state index contributed by atoms with van der Waals surface area (Å²) < 4.78 is 17.4. The third kappa shape index (κ3) is 3.37. The Balaban J connectivity index is 1.81. The summed E-state index contributed by atoms with van der Waals surface area (Å²) in [5, 5.41) is 0. The molecule has 2 heterocycles. The molecule has 5 heteroatoms. The molecule has 0 N–H and O–H groups in total. The predicted molar refractivity (Wildman–Crippen MR) is 104 cm³/mol. The number of ether oxygens (including phenoxy) is 3. The molecular weight excluding hydrogens is 356 g/mol. The first kappa shape index (κ1) is 18.5. The van der Waals surface area contributed by atoms with Gasteiger partial charge in [-0.15, -0.1) is 0 Å². The van der Waals surface area contributed by atoms with Gasteiger partial charge in [-0.3, -0.25) is 9.59 Å². The van der Waals surface area contributed by atoms with E-state index in [1.54, 1.807) is 12.1 Å². The van der Waals surface area contributed by atoms with Gasteiger partial charge in [0.05, 0.1) is 24.5 Å². The first-order valence-corrected chi connectivity index (χ1v) is 9.60. The molecule has 2 aromatic carbocycles. The zero-order valence-corrected chi connectivity index (χ0v) is 16.6. The number of carbonyl (C=O) groups excluding carboxylic acids is 2. The average molecular weight is 380 g/mol. The summed E-state index contributed by atoms with van der Waals surface area (Å²) >= 11 is 0. The highest BCUT2D eigenvalue weighted by atomic mass is 16.5. The molecule has 0 fully saturated rings. The van der Waals surface area contributed by atoms with Crippen LogP contribution in [0.5, 0.6) is 17.2 Å². The lowest BCUT2D eigenvalue weighted by Gasteiger charge is -2.36. The monoisotopic (exact) mass is 380 g/mol. The van der Waals surface area contributed by atoms with Crippen molar-refractivity contribution in [3.63, 3.8) is 0 Å². The van der Waals surface area contributed by atoms with Crippen molar-refractivity contribution < 1.29 is 23.8 Å². The van der Waals surface area contributed by atoms with Crippen molar-refractivity contribution in [1.29, 1.82) is 0 Å². The molecular formula is C23H24O5. The van der Waals surface area contributed by atoms with Crippen LogP contribution in [-0.4, -0.2) is 23.5 Å². The number of carbonyl (C=O) groups is 2. The Morgan fingerprint density at radius 3 is 2.46 bits per heavy atom. The third-order valence-electron chi connectivity index (χ3n) is 5.02. The molecule has 5 nitrogen and oxygen atoms in total. The summed E-state index contributed by atoms with van der Waals surface area (Å²) in [6, 6.07) is 11.1. The molecule has 0 amide bonds. The number of fused-ring (bicyclic) bond motifs is 3. The number of rotatable bonds is 3. The van der Waals surface area contributed by atoms with Gasteiger partial charge in [-0.2, -0.15) is 0 Å². The molecule has 28 heavy (non-hydrogen) atoms. The van der Waals surface area contributed by atoms with Crippen LogP contribution in [0.4, 0.5) is 0 Å². The zero-order chi connectivity index (χ0) is 20.1. The number of Topliss-reactive ketones (excluding diaryl/α,β-unsaturated/α-hetero) is 1. The molecule has 0 saturated heterocycles. The second kappa shape index (κ2) is 6.66. The van der Waals surface area contributed by atoms with Crippen molar-refractivity contribution in [3.05, 3.63) is 53.1 Å². The van der Waals surface area contributed by atoms with Crippen LogP contribution in [0.2, 0.25) is 0 Å². The maximum Gasteiger partial charge on any atom is 0.312 e. The summed E-state index contributed by atoms with van der Waals surface area (Å²) in [5.74, 6) is 1.31. The fraction of sp³-hybridized carbons (Fsp3) is 0.391. The fourth-order valence-electron chi connectivity index (χ4n) is 3.89. The Kier molecular flexibility index (Phi) is 4.41. The van der Waals surface area contributed by atoms with E-state index in [0.29, 0.717) is 23.5 Å². The van der Waals surface area contributed by atoms with Crippen molar-refractivity contribution >= 4 is 11.8 Å². The molecule has 0 unspecified atom stereocenters. The van der Waals surface area contributed by atoms with Crippen LogP contribution >= 0.6 is 0 Å². The minimum Gasteiger partial charge on any atom is -0.491 e. The van der Waals surface area contributed by atoms with Crippen molar-refractivity contribution in [2.24, 2.45) is 0 Å². The third-order valence-corrected chi connectivity index (χ3v) is 5.02. The van der Waals surface area contributed by atoms with Crippen LogP contribution in [0.1, 0.15) is 67.9 Å². The Morgan fingerprint density at radius 1 is 1.07 bits per heavy atom. The molecule has 1 atom stereocenters. The summed E-state index contributed by atoms with van der Waals surface area (Å²) in [4.78, 5) is 24.9. The first-order chi connectivity index (χ1) is 13.2. The number of hydrogen-bond acceptors (Lipinski definition) is 5. The van der Waals surface area contributed by atoms with Gasteiger partial charge in [0, 0.05) is 11.5 Å². The maximum atomic E-state index is 12.6. The molecule has 2 aliphatic heterocycles. The second-order valence-corrected chi connectivity index (χ2v) is 8.28. The van der Waals surface area contributed by atoms with Crippen LogP contribution in [0.25, 0.3) is 0 Å². The van der Waals surface area contributed by atoms with Crippen LogP contribution in [0.15, 0.2) is 36.4 Å². The van der Waals surface area contributed by atoms with Crippen LogP contribution < -0.4 is 14.2 Å². The Bertz CT molecular complexity index is 940. The highest BCUT2D eigenvalue weighted by molar-refractivity contribution is 6.01. The predicted octanol–water partition coefficient (Wildman–Crippen LogP) is 4.66. The van der Waals surface area contributed by atoms with E-state index < -0.39 is 5.60 Å². The lowest BCUT2D eigenvalue weighted by Crippen LogP contribution is -2.37. The molecule has 2 aliphatic rings. The van der Waals surface area contributed by atoms with Crippen LogP contribution in [0.3, 0.4) is 0 Å². The van der Waals surface area contributed by atoms with Gasteiger partial charge in [-0.1, -0.05) is 12.1 Å². The largest absolute Gasteiger partial charge is 0.491 e. The molecule has 0 saturated carbocycles. The summed E-state index contributed by atoms with van der Waals surface area (Å²) in [5.41, 5.74) is 1.69. The minimum absolute atomic E-state index is 0.0466. The zero-order valence-electron chi connectivity index (χ0n) is 16.6. The molecule has 0 radical (unpaired) electrons. The van der Waals surface area contributed by atoms with Crippen molar-refractivity contribution in [3.8, 4) is 17.2 Å². The van der Waals surface area contributed by atoms with E-state index in [1.165, 1.54) is 0 Å². The van der Waals surface area contributed by atoms with Gasteiger partial charge in [-0.25, -0.2) is 0 Å². The summed E-state index contributed by atoms with van der Waals surface area (Å²) in [6.45, 7) is 7.75. The van der Waals surface area contributed by atoms with E-state index in [2.05, 4.69) is 0 Å². The normalized spacial score (nSPS) is 20.1. The highest BCUT2D eigenvalue weighted by Gasteiger charge is 2.39. The number of hydrogen-bond donors (Lipinski definition) is 0. The highest BCUT2D eigenvalue weighted by Crippen LogP contribution is 2.48. The van der Waals surface area contributed by atoms with E-state index in [4.69, 9.17) is 14.2 Å². The second-order valence-electron chi connectivity index (χ2n) is 8.28. The summed E-state index contributed by atoms with van der Waals surface area (Å²) in [7, 11) is 0. The molecule has 4 rings (SSSR count). The van der Waals surface area contributed by atoms with E-state index in [0.717, 1.165) is 16.9 Å². The maximum absolute atomic E-state index is 12.6. The molecule has 2 aromatic rings. The van der Waals surface area contributed by atoms with Crippen molar-refractivity contribution in [2.75, 3.05) is 0 Å². The average Bonchev–Trinajstić information content (AvgIpc) is 2.59. The van der Waals surface area contributed by atoms with Gasteiger partial charge in [0.25, 0.3) is 0 Å². The molecule has 0 spiro atoms. The molecule has 0 bridgehead atoms. The van der Waals surface area contributed by atoms with Gasteiger partial charge in [0.15, 0.2) is 5.78 Å². The van der Waals surface area contributed by atoms with Gasteiger partial charge in [-0.05, 0) is 57.5 Å². The van der Waals surface area contributed by atoms with Gasteiger partial charge in [0.2, 0.25) is 0 Å². The quantitative estimate of drug-likeness (QED) is 0.572. The SMILES string of the molecule is CC(C)Oc1ccc([C@@H]2CC(=O)Oc3ccc4c(c32)OC(C)(C)CC4=O)cc1. The smallest absolute Gasteiger partial charge is 0.312 e. The number of esters is 1. The van der Waals surface area contributed by atoms with Crippen LogP contribution in [0, 0.1) is 0 Å². The topological polar surface area (TPSA) is 61.8 Å². The molecule has 0 aromatic heterocycles. The fourth-order valence-corrected chi connectivity index (χ4v) is 3.89. The van der Waals surface area contributed by atoms with Gasteiger partial charge >= 0.3 is 5.97 Å². The van der Waals surface area contributed by atoms with Crippen LogP contribution in [-0.2, 0) is 4.79 Å². The van der Waals surface area contributed by atoms with E-state index in [-0.39, 0.29) is 30.2 Å². The lowest BCUT2D eigenvalue weighted by molar-refractivity contribution is -0.135. The van der Waals surface area contributed by atoms with E-state index in [1.807, 2.05) is 52.0 Å². The number of ketones is 1. The summed E-state index contributed by atoms with van der Waals surface area (Å²) in [6.07, 6.45) is 0.612. The minimum atomic E-state index is -0.597.